The molecular weight excluding hydrogens is 424 g/mol. The number of piperidine rings is 1. The minimum absolute atomic E-state index is 0.0347. The molecule has 5 nitrogen and oxygen atoms in total. The van der Waals surface area contributed by atoms with Gasteiger partial charge in [-0.1, -0.05) is 24.6 Å². The molecule has 1 aromatic heterocycles. The molecule has 2 aliphatic rings. The van der Waals surface area contributed by atoms with Gasteiger partial charge in [0.2, 0.25) is 5.88 Å². The second-order valence-electron chi connectivity index (χ2n) is 9.65. The van der Waals surface area contributed by atoms with Crippen molar-refractivity contribution in [2.75, 3.05) is 25.0 Å². The zero-order chi connectivity index (χ0) is 23.7. The maximum atomic E-state index is 13.5. The lowest BCUT2D eigenvalue weighted by Gasteiger charge is -2.38. The van der Waals surface area contributed by atoms with Gasteiger partial charge in [0.25, 0.3) is 0 Å². The quantitative estimate of drug-likeness (QED) is 0.408. The number of para-hydroxylation sites is 1. The van der Waals surface area contributed by atoms with Gasteiger partial charge >= 0.3 is 0 Å². The van der Waals surface area contributed by atoms with E-state index in [9.17, 15) is 4.79 Å². The summed E-state index contributed by atoms with van der Waals surface area (Å²) in [6.45, 7) is 8.86. The van der Waals surface area contributed by atoms with Gasteiger partial charge in [-0.3, -0.25) is 9.69 Å². The van der Waals surface area contributed by atoms with Gasteiger partial charge in [0.15, 0.2) is 5.78 Å². The molecule has 1 fully saturated rings. The predicted octanol–water partition coefficient (Wildman–Crippen LogP) is 6.52. The van der Waals surface area contributed by atoms with Crippen LogP contribution >= 0.6 is 0 Å². The average molecular weight is 459 g/mol. The van der Waals surface area contributed by atoms with E-state index in [0.717, 1.165) is 35.4 Å². The molecule has 0 radical (unpaired) electrons. The molecule has 1 N–H and O–H groups in total. The molecule has 3 heterocycles. The van der Waals surface area contributed by atoms with E-state index in [0.29, 0.717) is 29.5 Å². The minimum Gasteiger partial charge on any atom is -0.493 e. The third-order valence-electron chi connectivity index (χ3n) is 6.90. The highest BCUT2D eigenvalue weighted by molar-refractivity contribution is 6.13. The monoisotopic (exact) mass is 458 g/mol. The van der Waals surface area contributed by atoms with E-state index >= 15 is 0 Å². The smallest absolute Gasteiger partial charge is 0.201 e. The molecule has 34 heavy (non-hydrogen) atoms. The van der Waals surface area contributed by atoms with Gasteiger partial charge in [-0.15, -0.1) is 0 Å². The highest BCUT2D eigenvalue weighted by Gasteiger charge is 2.29. The Labute approximate surface area is 201 Å². The summed E-state index contributed by atoms with van der Waals surface area (Å²) in [5.74, 6) is 1.39. The summed E-state index contributed by atoms with van der Waals surface area (Å²) in [6.07, 6.45) is 7.22. The molecule has 0 spiro atoms. The van der Waals surface area contributed by atoms with Crippen molar-refractivity contribution >= 4 is 28.2 Å². The number of hydrogen-bond acceptors (Lipinski definition) is 5. The van der Waals surface area contributed by atoms with Crippen molar-refractivity contribution in [1.82, 2.24) is 4.90 Å². The van der Waals surface area contributed by atoms with Crippen molar-refractivity contribution in [3.8, 4) is 5.75 Å². The molecular formula is C29H34N2O3. The number of fused-ring (bicyclic) bond motifs is 2. The molecule has 2 aromatic carbocycles. The highest BCUT2D eigenvalue weighted by atomic mass is 16.5. The van der Waals surface area contributed by atoms with Crippen LogP contribution in [0.3, 0.4) is 0 Å². The van der Waals surface area contributed by atoms with Crippen LogP contribution < -0.4 is 10.1 Å². The van der Waals surface area contributed by atoms with Crippen molar-refractivity contribution in [1.29, 1.82) is 0 Å². The largest absolute Gasteiger partial charge is 0.493 e. The molecule has 0 amide bonds. The summed E-state index contributed by atoms with van der Waals surface area (Å²) in [7, 11) is 0. The number of carbonyl (C=O) groups excluding carboxylic acids is 1. The maximum Gasteiger partial charge on any atom is 0.201 e. The molecule has 1 atom stereocenters. The van der Waals surface area contributed by atoms with Crippen LogP contribution in [0, 0.1) is 0 Å². The first kappa shape index (κ1) is 22.7. The predicted molar refractivity (Wildman–Crippen MR) is 138 cm³/mol. The summed E-state index contributed by atoms with van der Waals surface area (Å²) in [4.78, 5) is 16.1. The second kappa shape index (κ2) is 9.67. The molecule has 1 saturated heterocycles. The number of nitrogens with zero attached hydrogens (tertiary/aromatic N) is 1. The second-order valence-corrected chi connectivity index (χ2v) is 9.65. The molecule has 2 aliphatic heterocycles. The fourth-order valence-electron chi connectivity index (χ4n) is 5.31. The third-order valence-corrected chi connectivity index (χ3v) is 6.90. The molecule has 5 rings (SSSR count). The van der Waals surface area contributed by atoms with Crippen molar-refractivity contribution < 1.29 is 13.9 Å². The Hall–Kier alpha value is -3.05. The molecule has 0 aliphatic carbocycles. The van der Waals surface area contributed by atoms with Crippen molar-refractivity contribution in [3.63, 3.8) is 0 Å². The summed E-state index contributed by atoms with van der Waals surface area (Å²) in [6, 6.07) is 14.1. The molecule has 3 aromatic rings. The fraction of sp³-hybridized carbons (Fsp3) is 0.414. The van der Waals surface area contributed by atoms with Crippen molar-refractivity contribution in [2.24, 2.45) is 0 Å². The van der Waals surface area contributed by atoms with E-state index in [4.69, 9.17) is 9.15 Å². The first-order valence-corrected chi connectivity index (χ1v) is 12.6. The maximum absolute atomic E-state index is 13.5. The van der Waals surface area contributed by atoms with Crippen LogP contribution in [0.25, 0.3) is 16.5 Å². The van der Waals surface area contributed by atoms with Gasteiger partial charge in [0.05, 0.1) is 12.2 Å². The van der Waals surface area contributed by atoms with Gasteiger partial charge in [-0.25, -0.2) is 0 Å². The SMILES string of the molecule is CCOc1ccccc1C(=O)c1ccc2oc(NC(C)C)c(C3=CCN4CCCCC4C3)c2c1. The van der Waals surface area contributed by atoms with E-state index in [1.807, 2.05) is 49.4 Å². The third kappa shape index (κ3) is 4.37. The zero-order valence-corrected chi connectivity index (χ0v) is 20.4. The summed E-state index contributed by atoms with van der Waals surface area (Å²) in [5.41, 5.74) is 4.48. The van der Waals surface area contributed by atoms with E-state index in [-0.39, 0.29) is 11.8 Å². The lowest BCUT2D eigenvalue weighted by Crippen LogP contribution is -2.41. The number of hydrogen-bond donors (Lipinski definition) is 1. The van der Waals surface area contributed by atoms with E-state index < -0.39 is 0 Å². The lowest BCUT2D eigenvalue weighted by molar-refractivity contribution is 0.103. The summed E-state index contributed by atoms with van der Waals surface area (Å²) >= 11 is 0. The van der Waals surface area contributed by atoms with Crippen molar-refractivity contribution in [2.45, 2.75) is 58.5 Å². The number of rotatable bonds is 7. The molecule has 0 saturated carbocycles. The van der Waals surface area contributed by atoms with E-state index in [1.54, 1.807) is 0 Å². The van der Waals surface area contributed by atoms with Crippen LogP contribution in [0.5, 0.6) is 5.75 Å². The Morgan fingerprint density at radius 2 is 2.06 bits per heavy atom. The molecule has 178 valence electrons. The number of benzene rings is 2. The van der Waals surface area contributed by atoms with Gasteiger partial charge in [-0.05, 0) is 82.5 Å². The Morgan fingerprint density at radius 3 is 2.88 bits per heavy atom. The van der Waals surface area contributed by atoms with E-state index in [2.05, 4.69) is 30.1 Å². The lowest BCUT2D eigenvalue weighted by atomic mass is 9.88. The first-order chi connectivity index (χ1) is 16.5. The molecule has 5 heteroatoms. The Balaban J connectivity index is 1.58. The minimum atomic E-state index is -0.0347. The van der Waals surface area contributed by atoms with Crippen LogP contribution in [0.2, 0.25) is 0 Å². The van der Waals surface area contributed by atoms with Crippen molar-refractivity contribution in [3.05, 3.63) is 65.2 Å². The standard InChI is InChI=1S/C29H34N2O3/c1-4-33-25-11-6-5-10-23(25)28(32)21-12-13-26-24(18-21)27(29(34-26)30-19(2)3)20-14-16-31-15-8-7-9-22(31)17-20/h5-6,10-14,18-19,22,30H,4,7-9,15-17H2,1-3H3. The first-order valence-electron chi connectivity index (χ1n) is 12.6. The van der Waals surface area contributed by atoms with Gasteiger partial charge in [0.1, 0.15) is 11.3 Å². The van der Waals surface area contributed by atoms with Crippen LogP contribution in [-0.2, 0) is 0 Å². The number of ketones is 1. The van der Waals surface area contributed by atoms with Gasteiger partial charge in [-0.2, -0.15) is 0 Å². The number of furan rings is 1. The van der Waals surface area contributed by atoms with Gasteiger partial charge in [0, 0.05) is 35.1 Å². The van der Waals surface area contributed by atoms with Crippen LogP contribution in [0.4, 0.5) is 5.88 Å². The number of nitrogens with one attached hydrogen (secondary N) is 1. The topological polar surface area (TPSA) is 54.7 Å². The van der Waals surface area contributed by atoms with E-state index in [1.165, 1.54) is 31.4 Å². The molecule has 1 unspecified atom stereocenters. The molecule has 0 bridgehead atoms. The average Bonchev–Trinajstić information content (AvgIpc) is 3.20. The van der Waals surface area contributed by atoms with Crippen LogP contribution in [0.15, 0.2) is 53.0 Å². The number of carbonyl (C=O) groups is 1. The summed E-state index contributed by atoms with van der Waals surface area (Å²) < 4.78 is 12.0. The Morgan fingerprint density at radius 1 is 1.21 bits per heavy atom. The number of anilines is 1. The summed E-state index contributed by atoms with van der Waals surface area (Å²) in [5, 5.41) is 4.51. The van der Waals surface area contributed by atoms with Gasteiger partial charge < -0.3 is 14.5 Å². The van der Waals surface area contributed by atoms with Crippen LogP contribution in [0.1, 0.15) is 67.9 Å². The Kier molecular flexibility index (Phi) is 6.46. The number of ether oxygens (including phenoxy) is 1. The Bertz CT molecular complexity index is 1220. The zero-order valence-electron chi connectivity index (χ0n) is 20.4. The normalized spacial score (nSPS) is 18.6. The van der Waals surface area contributed by atoms with Crippen LogP contribution in [-0.4, -0.2) is 42.5 Å². The highest BCUT2D eigenvalue weighted by Crippen LogP contribution is 2.41. The fourth-order valence-corrected chi connectivity index (χ4v) is 5.31.